The van der Waals surface area contributed by atoms with Gasteiger partial charge in [-0.2, -0.15) is 0 Å². The van der Waals surface area contributed by atoms with Gasteiger partial charge in [0, 0.05) is 12.1 Å². The summed E-state index contributed by atoms with van der Waals surface area (Å²) >= 11 is 0. The van der Waals surface area contributed by atoms with Gasteiger partial charge in [-0.05, 0) is 50.2 Å². The second kappa shape index (κ2) is 4.64. The molecule has 1 aliphatic carbocycles. The maximum Gasteiger partial charge on any atom is 0.237 e. The molecular weight excluding hydrogens is 236 g/mol. The maximum absolute atomic E-state index is 12.4. The average Bonchev–Trinajstić information content (AvgIpc) is 3.22. The number of fused-ring (bicyclic) bond motifs is 1. The summed E-state index contributed by atoms with van der Waals surface area (Å²) in [5, 5.41) is 6.56. The maximum atomic E-state index is 12.4. The molecular formula is C16H22N2O. The fourth-order valence-electron chi connectivity index (χ4n) is 2.95. The third kappa shape index (κ3) is 2.66. The van der Waals surface area contributed by atoms with Crippen molar-refractivity contribution in [3.8, 4) is 0 Å². The van der Waals surface area contributed by atoms with Crippen molar-refractivity contribution in [2.75, 3.05) is 0 Å². The highest BCUT2D eigenvalue weighted by Crippen LogP contribution is 2.39. The smallest absolute Gasteiger partial charge is 0.237 e. The topological polar surface area (TPSA) is 41.1 Å². The molecule has 1 saturated carbocycles. The first kappa shape index (κ1) is 12.7. The Balaban J connectivity index is 1.66. The van der Waals surface area contributed by atoms with Gasteiger partial charge < -0.3 is 10.6 Å². The fraction of sp³-hybridized carbons (Fsp3) is 0.562. The summed E-state index contributed by atoms with van der Waals surface area (Å²) in [4.78, 5) is 12.4. The Morgan fingerprint density at radius 3 is 2.63 bits per heavy atom. The van der Waals surface area contributed by atoms with Crippen LogP contribution in [0.25, 0.3) is 0 Å². The molecule has 0 spiro atoms. The van der Waals surface area contributed by atoms with E-state index in [2.05, 4.69) is 42.7 Å². The number of rotatable bonds is 3. The third-order valence-corrected chi connectivity index (χ3v) is 4.44. The van der Waals surface area contributed by atoms with E-state index in [1.807, 2.05) is 6.07 Å². The number of amides is 1. The van der Waals surface area contributed by atoms with Crippen LogP contribution in [0.1, 0.15) is 37.8 Å². The van der Waals surface area contributed by atoms with Gasteiger partial charge in [0.05, 0.1) is 6.04 Å². The molecule has 1 aromatic carbocycles. The van der Waals surface area contributed by atoms with Crippen LogP contribution < -0.4 is 10.6 Å². The van der Waals surface area contributed by atoms with E-state index >= 15 is 0 Å². The van der Waals surface area contributed by atoms with Crippen LogP contribution in [0, 0.1) is 5.92 Å². The summed E-state index contributed by atoms with van der Waals surface area (Å²) in [7, 11) is 0. The van der Waals surface area contributed by atoms with E-state index in [0.717, 1.165) is 13.0 Å². The Labute approximate surface area is 114 Å². The summed E-state index contributed by atoms with van der Waals surface area (Å²) in [6.07, 6.45) is 3.28. The van der Waals surface area contributed by atoms with Gasteiger partial charge in [0.15, 0.2) is 0 Å². The Hall–Kier alpha value is -1.35. The van der Waals surface area contributed by atoms with Crippen LogP contribution >= 0.6 is 0 Å². The zero-order valence-corrected chi connectivity index (χ0v) is 11.7. The number of carbonyl (C=O) groups is 1. The molecule has 102 valence electrons. The third-order valence-electron chi connectivity index (χ3n) is 4.44. The normalized spacial score (nSPS) is 22.7. The molecule has 1 atom stereocenters. The summed E-state index contributed by atoms with van der Waals surface area (Å²) in [5.41, 5.74) is 2.55. The first-order chi connectivity index (χ1) is 9.06. The molecule has 3 rings (SSSR count). The molecule has 0 aromatic heterocycles. The molecule has 2 N–H and O–H groups in total. The van der Waals surface area contributed by atoms with Crippen molar-refractivity contribution in [1.82, 2.24) is 10.6 Å². The molecule has 1 heterocycles. The minimum atomic E-state index is -0.0899. The predicted octanol–water partition coefficient (Wildman–Crippen LogP) is 2.01. The number of hydrogen-bond donors (Lipinski definition) is 2. The lowest BCUT2D eigenvalue weighted by Gasteiger charge is -2.31. The lowest BCUT2D eigenvalue weighted by atomic mass is 9.93. The molecule has 2 aliphatic rings. The van der Waals surface area contributed by atoms with Gasteiger partial charge in [-0.25, -0.2) is 0 Å². The quantitative estimate of drug-likeness (QED) is 0.870. The minimum Gasteiger partial charge on any atom is -0.350 e. The summed E-state index contributed by atoms with van der Waals surface area (Å²) in [5.74, 6) is 0.804. The fourth-order valence-corrected chi connectivity index (χ4v) is 2.95. The van der Waals surface area contributed by atoms with Crippen molar-refractivity contribution >= 4 is 5.91 Å². The van der Waals surface area contributed by atoms with Crippen LogP contribution in [0.4, 0.5) is 0 Å². The van der Waals surface area contributed by atoms with Gasteiger partial charge in [0.25, 0.3) is 0 Å². The zero-order valence-electron chi connectivity index (χ0n) is 11.7. The van der Waals surface area contributed by atoms with Crippen LogP contribution in [-0.2, 0) is 17.8 Å². The summed E-state index contributed by atoms with van der Waals surface area (Å²) in [6, 6.07) is 8.27. The Morgan fingerprint density at radius 2 is 1.95 bits per heavy atom. The largest absolute Gasteiger partial charge is 0.350 e. The molecule has 1 aliphatic heterocycles. The van der Waals surface area contributed by atoms with Crippen molar-refractivity contribution in [3.63, 3.8) is 0 Å². The molecule has 0 bridgehead atoms. The zero-order chi connectivity index (χ0) is 13.5. The highest BCUT2D eigenvalue weighted by atomic mass is 16.2. The SMILES string of the molecule is CC(C)(NC(=O)C1Cc2ccccc2CN1)C1CC1. The van der Waals surface area contributed by atoms with E-state index in [4.69, 9.17) is 0 Å². The van der Waals surface area contributed by atoms with E-state index in [0.29, 0.717) is 5.92 Å². The van der Waals surface area contributed by atoms with E-state index in [9.17, 15) is 4.79 Å². The minimum absolute atomic E-state index is 0.0598. The van der Waals surface area contributed by atoms with Gasteiger partial charge in [0.2, 0.25) is 5.91 Å². The molecule has 1 fully saturated rings. The Morgan fingerprint density at radius 1 is 1.26 bits per heavy atom. The van der Waals surface area contributed by atoms with Crippen molar-refractivity contribution in [3.05, 3.63) is 35.4 Å². The molecule has 0 saturated heterocycles. The Bertz CT molecular complexity index is 491. The number of nitrogens with one attached hydrogen (secondary N) is 2. The van der Waals surface area contributed by atoms with E-state index < -0.39 is 0 Å². The van der Waals surface area contributed by atoms with Crippen LogP contribution in [0.15, 0.2) is 24.3 Å². The number of carbonyl (C=O) groups excluding carboxylic acids is 1. The van der Waals surface area contributed by atoms with E-state index in [-0.39, 0.29) is 17.5 Å². The average molecular weight is 258 g/mol. The highest BCUT2D eigenvalue weighted by Gasteiger charge is 2.40. The van der Waals surface area contributed by atoms with Gasteiger partial charge in [0.1, 0.15) is 0 Å². The van der Waals surface area contributed by atoms with Gasteiger partial charge in [-0.3, -0.25) is 4.79 Å². The molecule has 1 amide bonds. The molecule has 3 nitrogen and oxygen atoms in total. The standard InChI is InChI=1S/C16H22N2O/c1-16(2,13-7-8-13)18-15(19)14-9-11-5-3-4-6-12(11)10-17-14/h3-6,13-14,17H,7-10H2,1-2H3,(H,18,19). The van der Waals surface area contributed by atoms with E-state index in [1.54, 1.807) is 0 Å². The van der Waals surface area contributed by atoms with Gasteiger partial charge >= 0.3 is 0 Å². The monoisotopic (exact) mass is 258 g/mol. The molecule has 1 aromatic rings. The van der Waals surface area contributed by atoms with Crippen molar-refractivity contribution < 1.29 is 4.79 Å². The van der Waals surface area contributed by atoms with Crippen LogP contribution in [0.3, 0.4) is 0 Å². The second-order valence-corrected chi connectivity index (χ2v) is 6.39. The summed E-state index contributed by atoms with van der Waals surface area (Å²) < 4.78 is 0. The van der Waals surface area contributed by atoms with Crippen molar-refractivity contribution in [2.45, 2.75) is 51.2 Å². The number of benzene rings is 1. The molecule has 1 unspecified atom stereocenters. The van der Waals surface area contributed by atoms with Crippen molar-refractivity contribution in [1.29, 1.82) is 0 Å². The van der Waals surface area contributed by atoms with E-state index in [1.165, 1.54) is 24.0 Å². The van der Waals surface area contributed by atoms with Crippen molar-refractivity contribution in [2.24, 2.45) is 5.92 Å². The lowest BCUT2D eigenvalue weighted by Crippen LogP contribution is -2.54. The highest BCUT2D eigenvalue weighted by molar-refractivity contribution is 5.83. The second-order valence-electron chi connectivity index (χ2n) is 6.39. The predicted molar refractivity (Wildman–Crippen MR) is 75.7 cm³/mol. The molecule has 3 heteroatoms. The first-order valence-electron chi connectivity index (χ1n) is 7.18. The number of hydrogen-bond acceptors (Lipinski definition) is 2. The molecule has 0 radical (unpaired) electrons. The summed E-state index contributed by atoms with van der Waals surface area (Å²) in [6.45, 7) is 5.07. The first-order valence-corrected chi connectivity index (χ1v) is 7.18. The van der Waals surface area contributed by atoms with Crippen LogP contribution in [-0.4, -0.2) is 17.5 Å². The van der Waals surface area contributed by atoms with Crippen LogP contribution in [0.2, 0.25) is 0 Å². The lowest BCUT2D eigenvalue weighted by molar-refractivity contribution is -0.125. The molecule has 19 heavy (non-hydrogen) atoms. The van der Waals surface area contributed by atoms with Gasteiger partial charge in [-0.1, -0.05) is 24.3 Å². The Kier molecular flexibility index (Phi) is 3.09. The van der Waals surface area contributed by atoms with Gasteiger partial charge in [-0.15, -0.1) is 0 Å². The van der Waals surface area contributed by atoms with Crippen LogP contribution in [0.5, 0.6) is 0 Å².